The summed E-state index contributed by atoms with van der Waals surface area (Å²) < 4.78 is 38.0. The van der Waals surface area contributed by atoms with E-state index in [1.165, 1.54) is 0 Å². The molecular formula is C38H55N5O5S2Si2. The predicted molar refractivity (Wildman–Crippen MR) is 223 cm³/mol. The van der Waals surface area contributed by atoms with Gasteiger partial charge in [-0.1, -0.05) is 87.8 Å². The molecule has 1 amide bonds. The van der Waals surface area contributed by atoms with Crippen LogP contribution >= 0.6 is 23.0 Å². The first-order valence-corrected chi connectivity index (χ1v) is 27.3. The molecule has 0 radical (unpaired) electrons. The highest BCUT2D eigenvalue weighted by Gasteiger charge is 2.46. The van der Waals surface area contributed by atoms with Gasteiger partial charge < -0.3 is 24.7 Å². The van der Waals surface area contributed by atoms with Gasteiger partial charge in [-0.15, -0.1) is 10.8 Å². The number of fused-ring (bicyclic) bond motifs is 1. The normalized spacial score (nSPS) is 17.4. The lowest BCUT2D eigenvalue weighted by Gasteiger charge is -2.41. The number of nitrogens with one attached hydrogen (secondary N) is 2. The van der Waals surface area contributed by atoms with E-state index in [0.717, 1.165) is 55.6 Å². The molecule has 1 saturated heterocycles. The molecule has 1 aliphatic heterocycles. The van der Waals surface area contributed by atoms with Crippen molar-refractivity contribution < 1.29 is 23.4 Å². The Morgan fingerprint density at radius 3 is 2.23 bits per heavy atom. The number of ether oxygens (including phenoxy) is 2. The number of amides is 1. The van der Waals surface area contributed by atoms with Gasteiger partial charge in [0.25, 0.3) is 0 Å². The van der Waals surface area contributed by atoms with E-state index in [-0.39, 0.29) is 25.1 Å². The fraction of sp³-hybridized carbons (Fsp3) is 0.447. The molecule has 4 N–H and O–H groups in total. The standard InChI is InChI=1S/C38H55N5O5S2Si2/c1-28-23-29(17-18-31(28)35-25-36(44)43(50(35,45)46)27-48-20-22-52(5,6)7)24-33(41-38(49)39-30-13-9-8-10-14-30)37-40-32-15-11-12-16-34(32)42(37)26-47-19-21-51(2,3)4/h8-18,23,33,35,45-46H,19-22,24-27H2,1-7H3,(H2,39,41,49)/t33-,35?/m0/s1. The molecule has 5 rings (SSSR count). The maximum Gasteiger partial charge on any atom is 0.245 e. The van der Waals surface area contributed by atoms with Crippen molar-refractivity contribution in [3.05, 3.63) is 95.3 Å². The number of carbonyl (C=O) groups is 1. The molecule has 1 fully saturated rings. The van der Waals surface area contributed by atoms with Crippen molar-refractivity contribution in [2.24, 2.45) is 0 Å². The Balaban J connectivity index is 1.40. The van der Waals surface area contributed by atoms with E-state index in [4.69, 9.17) is 26.7 Å². The van der Waals surface area contributed by atoms with Crippen molar-refractivity contribution in [1.82, 2.24) is 19.2 Å². The summed E-state index contributed by atoms with van der Waals surface area (Å²) >= 11 is 5.84. The summed E-state index contributed by atoms with van der Waals surface area (Å²) in [5.74, 6) is 0.490. The fourth-order valence-electron chi connectivity index (χ4n) is 6.18. The van der Waals surface area contributed by atoms with E-state index in [1.807, 2.05) is 67.6 Å². The first-order valence-electron chi connectivity index (χ1n) is 17.9. The molecule has 282 valence electrons. The number of hydrogen-bond donors (Lipinski definition) is 4. The van der Waals surface area contributed by atoms with E-state index < -0.39 is 32.2 Å². The second-order valence-electron chi connectivity index (χ2n) is 16.0. The van der Waals surface area contributed by atoms with Gasteiger partial charge in [-0.2, -0.15) is 0 Å². The van der Waals surface area contributed by atoms with Crippen LogP contribution < -0.4 is 10.6 Å². The van der Waals surface area contributed by atoms with Gasteiger partial charge in [0.2, 0.25) is 5.91 Å². The smallest absolute Gasteiger partial charge is 0.245 e. The molecule has 2 heterocycles. The maximum absolute atomic E-state index is 13.0. The van der Waals surface area contributed by atoms with Gasteiger partial charge in [0, 0.05) is 35.0 Å². The van der Waals surface area contributed by atoms with Crippen LogP contribution in [0.5, 0.6) is 0 Å². The van der Waals surface area contributed by atoms with Gasteiger partial charge in [0.15, 0.2) is 5.11 Å². The fourth-order valence-corrected chi connectivity index (χ4v) is 9.83. The lowest BCUT2D eigenvalue weighted by Crippen LogP contribution is -2.35. The second-order valence-corrected chi connectivity index (χ2v) is 29.8. The molecule has 10 nitrogen and oxygen atoms in total. The van der Waals surface area contributed by atoms with Crippen molar-refractivity contribution >= 4 is 66.9 Å². The number of thiocarbonyl (C=S) groups is 1. The third-order valence-corrected chi connectivity index (χ3v) is 15.0. The first kappa shape index (κ1) is 40.1. The maximum atomic E-state index is 13.0. The number of carbonyl (C=O) groups excluding carboxylic acids is 1. The molecule has 14 heteroatoms. The number of nitrogens with zero attached hydrogens (tertiary/aromatic N) is 3. The summed E-state index contributed by atoms with van der Waals surface area (Å²) in [6, 6.07) is 25.5. The number of imidazole rings is 1. The quantitative estimate of drug-likeness (QED) is 0.0501. The van der Waals surface area contributed by atoms with Gasteiger partial charge >= 0.3 is 0 Å². The molecular weight excluding hydrogens is 727 g/mol. The highest BCUT2D eigenvalue weighted by Crippen LogP contribution is 2.63. The van der Waals surface area contributed by atoms with Crippen LogP contribution in [-0.4, -0.2) is 70.1 Å². The summed E-state index contributed by atoms with van der Waals surface area (Å²) in [6.07, 6.45) is 0.554. The SMILES string of the molecule is Cc1cc(C[C@H](NC(=S)Nc2ccccc2)c2nc3ccccc3n2COCC[Si](C)(C)C)ccc1C1CC(=O)N(COCC[Si](C)(C)C)S1(O)O. The van der Waals surface area contributed by atoms with Crippen LogP contribution in [0.4, 0.5) is 5.69 Å². The van der Waals surface area contributed by atoms with E-state index in [9.17, 15) is 13.9 Å². The van der Waals surface area contributed by atoms with Crippen LogP contribution in [0.2, 0.25) is 51.4 Å². The minimum Gasteiger partial charge on any atom is -0.361 e. The summed E-state index contributed by atoms with van der Waals surface area (Å²) in [5, 5.41) is 6.59. The zero-order valence-electron chi connectivity index (χ0n) is 31.5. The Labute approximate surface area is 317 Å². The van der Waals surface area contributed by atoms with Gasteiger partial charge in [-0.25, -0.2) is 9.29 Å². The Hall–Kier alpha value is -3.09. The Kier molecular flexibility index (Phi) is 13.1. The third-order valence-electron chi connectivity index (χ3n) is 9.22. The van der Waals surface area contributed by atoms with Gasteiger partial charge in [-0.3, -0.25) is 13.9 Å². The highest BCUT2D eigenvalue weighted by atomic mass is 32.3. The molecule has 1 aromatic heterocycles. The lowest BCUT2D eigenvalue weighted by molar-refractivity contribution is -0.128. The molecule has 0 aliphatic carbocycles. The van der Waals surface area contributed by atoms with E-state index in [1.54, 1.807) is 0 Å². The Bertz CT molecular complexity index is 1850. The number of para-hydroxylation sites is 3. The van der Waals surface area contributed by atoms with Crippen molar-refractivity contribution in [3.63, 3.8) is 0 Å². The summed E-state index contributed by atoms with van der Waals surface area (Å²) in [5.41, 5.74) is 5.36. The molecule has 4 aromatic rings. The largest absolute Gasteiger partial charge is 0.361 e. The van der Waals surface area contributed by atoms with Crippen LogP contribution in [0.1, 0.15) is 40.2 Å². The molecule has 2 atom stereocenters. The highest BCUT2D eigenvalue weighted by molar-refractivity contribution is 8.23. The zero-order valence-corrected chi connectivity index (χ0v) is 35.2. The van der Waals surface area contributed by atoms with Crippen LogP contribution in [0, 0.1) is 6.92 Å². The summed E-state index contributed by atoms with van der Waals surface area (Å²) in [7, 11) is -6.02. The molecule has 52 heavy (non-hydrogen) atoms. The number of hydrogen-bond acceptors (Lipinski definition) is 7. The lowest BCUT2D eigenvalue weighted by atomic mass is 9.97. The first-order chi connectivity index (χ1) is 24.5. The van der Waals surface area contributed by atoms with Gasteiger partial charge in [-0.05, 0) is 78.6 Å². The number of rotatable bonds is 16. The summed E-state index contributed by atoms with van der Waals surface area (Å²) in [6.45, 7) is 17.2. The third kappa shape index (κ3) is 10.5. The average Bonchev–Trinajstić information content (AvgIpc) is 3.53. The van der Waals surface area contributed by atoms with Gasteiger partial charge in [0.1, 0.15) is 24.5 Å². The zero-order chi connectivity index (χ0) is 37.7. The van der Waals surface area contributed by atoms with E-state index in [0.29, 0.717) is 31.5 Å². The number of benzene rings is 3. The topological polar surface area (TPSA) is 121 Å². The van der Waals surface area contributed by atoms with Crippen molar-refractivity contribution in [3.8, 4) is 0 Å². The molecule has 1 unspecified atom stereocenters. The van der Waals surface area contributed by atoms with Crippen molar-refractivity contribution in [2.45, 2.75) is 89.2 Å². The molecule has 3 aromatic carbocycles. The molecule has 0 saturated carbocycles. The van der Waals surface area contributed by atoms with Crippen LogP contribution in [0.15, 0.2) is 72.8 Å². The number of aryl methyl sites for hydroxylation is 1. The molecule has 1 aliphatic rings. The summed E-state index contributed by atoms with van der Waals surface area (Å²) in [4.78, 5) is 18.1. The van der Waals surface area contributed by atoms with E-state index in [2.05, 4.69) is 66.6 Å². The van der Waals surface area contributed by atoms with E-state index >= 15 is 0 Å². The second kappa shape index (κ2) is 16.9. The van der Waals surface area contributed by atoms with Crippen LogP contribution in [0.25, 0.3) is 11.0 Å². The van der Waals surface area contributed by atoms with Crippen molar-refractivity contribution in [2.75, 3.05) is 25.3 Å². The Morgan fingerprint density at radius 2 is 1.58 bits per heavy atom. The minimum absolute atomic E-state index is 0.0191. The Morgan fingerprint density at radius 1 is 0.942 bits per heavy atom. The van der Waals surface area contributed by atoms with Gasteiger partial charge in [0.05, 0.1) is 23.5 Å². The average molecular weight is 782 g/mol. The molecule has 0 bridgehead atoms. The van der Waals surface area contributed by atoms with Crippen molar-refractivity contribution in [1.29, 1.82) is 0 Å². The molecule has 0 spiro atoms. The number of aromatic nitrogens is 2. The minimum atomic E-state index is -3.43. The van der Waals surface area contributed by atoms with Crippen LogP contribution in [0.3, 0.4) is 0 Å². The predicted octanol–water partition coefficient (Wildman–Crippen LogP) is 9.18. The number of anilines is 1. The monoisotopic (exact) mass is 781 g/mol. The van der Waals surface area contributed by atoms with Crippen LogP contribution in [-0.2, 0) is 27.4 Å².